The number of carbonyl (C=O) groups excluding carboxylic acids is 2. The third-order valence-electron chi connectivity index (χ3n) is 6.96. The van der Waals surface area contributed by atoms with Crippen molar-refractivity contribution in [3.8, 4) is 11.5 Å². The Kier molecular flexibility index (Phi) is 7.02. The Morgan fingerprint density at radius 2 is 1.79 bits per heavy atom. The molecule has 1 atom stereocenters. The molecule has 33 heavy (non-hydrogen) atoms. The molecule has 2 amide bonds. The van der Waals surface area contributed by atoms with Gasteiger partial charge < -0.3 is 19.7 Å². The number of hydrogen-bond donors (Lipinski definition) is 1. The summed E-state index contributed by atoms with van der Waals surface area (Å²) in [6.07, 6.45) is 6.97. The van der Waals surface area contributed by atoms with E-state index in [1.165, 1.54) is 5.56 Å². The zero-order valence-corrected chi connectivity index (χ0v) is 19.4. The molecule has 0 aromatic heterocycles. The van der Waals surface area contributed by atoms with Crippen LogP contribution in [0.5, 0.6) is 11.5 Å². The van der Waals surface area contributed by atoms with Gasteiger partial charge in [-0.2, -0.15) is 0 Å². The molecule has 1 N–H and O–H groups in total. The maximum absolute atomic E-state index is 12.7. The highest BCUT2D eigenvalue weighted by atomic mass is 16.5. The number of nitrogens with zero attached hydrogens (tertiary/aromatic N) is 1. The number of likely N-dealkylation sites (tertiary alicyclic amines) is 1. The second kappa shape index (κ2) is 10.1. The molecule has 6 heteroatoms. The second-order valence-electron chi connectivity index (χ2n) is 8.92. The fourth-order valence-electron chi connectivity index (χ4n) is 4.77. The zero-order chi connectivity index (χ0) is 23.3. The molecular formula is C27H32N2O4. The number of ether oxygens (including phenoxy) is 2. The minimum Gasteiger partial charge on any atom is -0.493 e. The van der Waals surface area contributed by atoms with Gasteiger partial charge in [-0.1, -0.05) is 36.4 Å². The van der Waals surface area contributed by atoms with Crippen LogP contribution in [0.4, 0.5) is 0 Å². The molecule has 0 unspecified atom stereocenters. The first-order chi connectivity index (χ1) is 16.0. The molecule has 1 heterocycles. The van der Waals surface area contributed by atoms with Gasteiger partial charge in [0.25, 0.3) is 0 Å². The van der Waals surface area contributed by atoms with Crippen molar-refractivity contribution in [3.63, 3.8) is 0 Å². The summed E-state index contributed by atoms with van der Waals surface area (Å²) < 4.78 is 10.6. The number of methoxy groups -OCH3 is 2. The lowest BCUT2D eigenvalue weighted by molar-refractivity contribution is -0.127. The molecule has 4 rings (SSSR count). The van der Waals surface area contributed by atoms with Gasteiger partial charge in [0, 0.05) is 31.6 Å². The highest BCUT2D eigenvalue weighted by molar-refractivity contribution is 5.92. The van der Waals surface area contributed by atoms with Crippen molar-refractivity contribution in [3.05, 3.63) is 65.7 Å². The minimum absolute atomic E-state index is 0.00384. The predicted octanol–water partition coefficient (Wildman–Crippen LogP) is 3.70. The lowest BCUT2D eigenvalue weighted by Gasteiger charge is -2.32. The van der Waals surface area contributed by atoms with Gasteiger partial charge in [0.1, 0.15) is 0 Å². The van der Waals surface area contributed by atoms with Crippen molar-refractivity contribution in [2.24, 2.45) is 11.3 Å². The first kappa shape index (κ1) is 22.9. The van der Waals surface area contributed by atoms with Crippen LogP contribution in [0.25, 0.3) is 6.08 Å². The van der Waals surface area contributed by atoms with Crippen molar-refractivity contribution in [2.45, 2.75) is 25.7 Å². The monoisotopic (exact) mass is 448 g/mol. The second-order valence-corrected chi connectivity index (χ2v) is 8.92. The smallest absolute Gasteiger partial charge is 0.246 e. The van der Waals surface area contributed by atoms with Crippen molar-refractivity contribution >= 4 is 17.9 Å². The fraction of sp³-hybridized carbons (Fsp3) is 0.407. The Morgan fingerprint density at radius 1 is 1.06 bits per heavy atom. The summed E-state index contributed by atoms with van der Waals surface area (Å²) in [6.45, 7) is 2.06. The predicted molar refractivity (Wildman–Crippen MR) is 128 cm³/mol. The Hall–Kier alpha value is -3.28. The van der Waals surface area contributed by atoms with E-state index < -0.39 is 0 Å². The molecule has 1 aliphatic heterocycles. The van der Waals surface area contributed by atoms with Crippen LogP contribution in [0.2, 0.25) is 0 Å². The third kappa shape index (κ3) is 5.38. The topological polar surface area (TPSA) is 67.9 Å². The summed E-state index contributed by atoms with van der Waals surface area (Å²) >= 11 is 0. The van der Waals surface area contributed by atoms with Crippen LogP contribution in [-0.2, 0) is 16.0 Å². The van der Waals surface area contributed by atoms with E-state index in [1.807, 2.05) is 41.3 Å². The number of piperidine rings is 1. The van der Waals surface area contributed by atoms with E-state index in [9.17, 15) is 9.59 Å². The number of benzene rings is 2. The normalized spacial score (nSPS) is 18.8. The quantitative estimate of drug-likeness (QED) is 0.626. The average Bonchev–Trinajstić information content (AvgIpc) is 3.56. The van der Waals surface area contributed by atoms with E-state index in [0.29, 0.717) is 31.1 Å². The van der Waals surface area contributed by atoms with E-state index in [-0.39, 0.29) is 23.1 Å². The average molecular weight is 449 g/mol. The van der Waals surface area contributed by atoms with Gasteiger partial charge in [0.15, 0.2) is 11.5 Å². The SMILES string of the molecule is COc1ccc(/C=C/C(=O)N2CCC3(CC2)C[C@@H]3C(=O)NCCc2ccccc2)cc1OC. The molecule has 2 aliphatic rings. The Bertz CT molecular complexity index is 1010. The van der Waals surface area contributed by atoms with Crippen molar-refractivity contribution in [1.29, 1.82) is 0 Å². The van der Waals surface area contributed by atoms with Gasteiger partial charge in [-0.15, -0.1) is 0 Å². The molecule has 0 radical (unpaired) electrons. The lowest BCUT2D eigenvalue weighted by Crippen LogP contribution is -2.40. The van der Waals surface area contributed by atoms with Crippen LogP contribution in [0.3, 0.4) is 0 Å². The standard InChI is InChI=1S/C27H32N2O4/c1-32-23-10-8-21(18-24(23)33-2)9-11-25(30)29-16-13-27(14-17-29)19-22(27)26(31)28-15-12-20-6-4-3-5-7-20/h3-11,18,22H,12-17,19H2,1-2H3,(H,28,31)/b11-9+/t22-/m1/s1. The van der Waals surface area contributed by atoms with Crippen LogP contribution >= 0.6 is 0 Å². The van der Waals surface area contributed by atoms with E-state index in [2.05, 4.69) is 17.4 Å². The first-order valence-corrected chi connectivity index (χ1v) is 11.6. The third-order valence-corrected chi connectivity index (χ3v) is 6.96. The zero-order valence-electron chi connectivity index (χ0n) is 19.4. The van der Waals surface area contributed by atoms with Gasteiger partial charge in [-0.3, -0.25) is 9.59 Å². The van der Waals surface area contributed by atoms with Crippen LogP contribution in [0, 0.1) is 11.3 Å². The summed E-state index contributed by atoms with van der Waals surface area (Å²) in [4.78, 5) is 27.2. The summed E-state index contributed by atoms with van der Waals surface area (Å²) in [6, 6.07) is 15.8. The van der Waals surface area contributed by atoms with Gasteiger partial charge in [0.05, 0.1) is 14.2 Å². The molecule has 1 aliphatic carbocycles. The number of carbonyl (C=O) groups is 2. The molecular weight excluding hydrogens is 416 g/mol. The lowest BCUT2D eigenvalue weighted by atomic mass is 9.90. The summed E-state index contributed by atoms with van der Waals surface area (Å²) in [7, 11) is 3.19. The molecule has 174 valence electrons. The fourth-order valence-corrected chi connectivity index (χ4v) is 4.77. The van der Waals surface area contributed by atoms with E-state index in [1.54, 1.807) is 26.4 Å². The highest BCUT2D eigenvalue weighted by Crippen LogP contribution is 2.59. The Labute approximate surface area is 195 Å². The van der Waals surface area contributed by atoms with Gasteiger partial charge in [-0.25, -0.2) is 0 Å². The molecule has 2 fully saturated rings. The number of hydrogen-bond acceptors (Lipinski definition) is 4. The maximum atomic E-state index is 12.7. The van der Waals surface area contributed by atoms with Gasteiger partial charge >= 0.3 is 0 Å². The molecule has 2 aromatic carbocycles. The molecule has 1 spiro atoms. The molecule has 1 saturated carbocycles. The van der Waals surface area contributed by atoms with Crippen molar-refractivity contribution < 1.29 is 19.1 Å². The highest BCUT2D eigenvalue weighted by Gasteiger charge is 2.58. The largest absolute Gasteiger partial charge is 0.493 e. The van der Waals surface area contributed by atoms with Gasteiger partial charge in [0.2, 0.25) is 11.8 Å². The van der Waals surface area contributed by atoms with Crippen LogP contribution in [0.15, 0.2) is 54.6 Å². The number of amides is 2. The van der Waals surface area contributed by atoms with E-state index in [0.717, 1.165) is 31.2 Å². The van der Waals surface area contributed by atoms with E-state index >= 15 is 0 Å². The van der Waals surface area contributed by atoms with Crippen LogP contribution in [0.1, 0.15) is 30.4 Å². The van der Waals surface area contributed by atoms with Crippen LogP contribution in [-0.4, -0.2) is 50.6 Å². The molecule has 6 nitrogen and oxygen atoms in total. The first-order valence-electron chi connectivity index (χ1n) is 11.6. The van der Waals surface area contributed by atoms with Crippen molar-refractivity contribution in [1.82, 2.24) is 10.2 Å². The van der Waals surface area contributed by atoms with Gasteiger partial charge in [-0.05, 0) is 60.4 Å². The van der Waals surface area contributed by atoms with Crippen LogP contribution < -0.4 is 14.8 Å². The number of nitrogens with one attached hydrogen (secondary N) is 1. The van der Waals surface area contributed by atoms with E-state index in [4.69, 9.17) is 9.47 Å². The summed E-state index contributed by atoms with van der Waals surface area (Å²) in [5, 5.41) is 3.10. The minimum atomic E-state index is 0.00384. The molecule has 0 bridgehead atoms. The number of rotatable bonds is 8. The maximum Gasteiger partial charge on any atom is 0.246 e. The Balaban J connectivity index is 1.23. The Morgan fingerprint density at radius 3 is 2.48 bits per heavy atom. The van der Waals surface area contributed by atoms with Crippen molar-refractivity contribution in [2.75, 3.05) is 33.9 Å². The summed E-state index contributed by atoms with van der Waals surface area (Å²) in [5.74, 6) is 1.55. The molecule has 2 aromatic rings. The molecule has 1 saturated heterocycles. The summed E-state index contributed by atoms with van der Waals surface area (Å²) in [5.41, 5.74) is 2.20.